The first kappa shape index (κ1) is 12.0. The highest BCUT2D eigenvalue weighted by Crippen LogP contribution is 2.20. The van der Waals surface area contributed by atoms with Crippen molar-refractivity contribution >= 4 is 11.9 Å². The van der Waals surface area contributed by atoms with Gasteiger partial charge in [0.25, 0.3) is 5.91 Å². The number of aliphatic hydroxyl groups excluding tert-OH is 1. The summed E-state index contributed by atoms with van der Waals surface area (Å²) in [4.78, 5) is 24.2. The van der Waals surface area contributed by atoms with Gasteiger partial charge in [-0.25, -0.2) is 4.79 Å². The molecule has 5 nitrogen and oxygen atoms in total. The maximum Gasteiger partial charge on any atom is 0.328 e. The minimum absolute atomic E-state index is 0.362. The first-order valence-corrected chi connectivity index (χ1v) is 5.18. The van der Waals surface area contributed by atoms with E-state index in [-0.39, 0.29) is 5.91 Å². The first-order chi connectivity index (χ1) is 7.11. The molecule has 5 heteroatoms. The Labute approximate surface area is 89.0 Å². The van der Waals surface area contributed by atoms with E-state index in [1.807, 2.05) is 6.92 Å². The fourth-order valence-electron chi connectivity index (χ4n) is 1.62. The minimum atomic E-state index is -0.984. The van der Waals surface area contributed by atoms with Crippen LogP contribution in [0.25, 0.3) is 0 Å². The predicted octanol–water partition coefficient (Wildman–Crippen LogP) is -0.0787. The van der Waals surface area contributed by atoms with Crippen molar-refractivity contribution < 1.29 is 19.4 Å². The second-order valence-corrected chi connectivity index (χ2v) is 3.66. The Balaban J connectivity index is 2.50. The van der Waals surface area contributed by atoms with Crippen molar-refractivity contribution in [2.45, 2.75) is 38.3 Å². The summed E-state index contributed by atoms with van der Waals surface area (Å²) in [6.45, 7) is 2.42. The smallest absolute Gasteiger partial charge is 0.328 e. The Bertz CT molecular complexity index is 254. The predicted molar refractivity (Wildman–Crippen MR) is 53.0 cm³/mol. The summed E-state index contributed by atoms with van der Waals surface area (Å²) in [6.07, 6.45) is 0.812. The van der Waals surface area contributed by atoms with Crippen molar-refractivity contribution in [3.63, 3.8) is 0 Å². The zero-order valence-corrected chi connectivity index (χ0v) is 9.10. The number of nitrogens with zero attached hydrogens (tertiary/aromatic N) is 1. The molecule has 0 aromatic heterocycles. The Morgan fingerprint density at radius 2 is 2.27 bits per heavy atom. The molecule has 1 N–H and O–H groups in total. The number of carbonyl (C=O) groups is 2. The molecule has 86 valence electrons. The van der Waals surface area contributed by atoms with E-state index in [0.29, 0.717) is 19.4 Å². The van der Waals surface area contributed by atoms with Crippen molar-refractivity contribution in [3.05, 3.63) is 0 Å². The molecule has 2 unspecified atom stereocenters. The number of carbonyl (C=O) groups excluding carboxylic acids is 2. The molecule has 0 aromatic carbocycles. The lowest BCUT2D eigenvalue weighted by molar-refractivity contribution is -0.163. The third-order valence-electron chi connectivity index (χ3n) is 2.62. The molecule has 1 saturated heterocycles. The molecule has 1 fully saturated rings. The summed E-state index contributed by atoms with van der Waals surface area (Å²) >= 11 is 0. The molecular weight excluding hydrogens is 198 g/mol. The number of rotatable bonds is 4. The highest BCUT2D eigenvalue weighted by atomic mass is 16.5. The van der Waals surface area contributed by atoms with Crippen molar-refractivity contribution in [1.29, 1.82) is 0 Å². The van der Waals surface area contributed by atoms with Gasteiger partial charge in [0.1, 0.15) is 12.1 Å². The van der Waals surface area contributed by atoms with Crippen LogP contribution < -0.4 is 0 Å². The highest BCUT2D eigenvalue weighted by Gasteiger charge is 2.40. The number of likely N-dealkylation sites (tertiary alicyclic amines) is 1. The van der Waals surface area contributed by atoms with Gasteiger partial charge in [0, 0.05) is 6.54 Å². The maximum atomic E-state index is 11.6. The molecule has 1 aliphatic rings. The molecule has 1 rings (SSSR count). The summed E-state index contributed by atoms with van der Waals surface area (Å²) in [5.74, 6) is -0.767. The average Bonchev–Trinajstić information content (AvgIpc) is 2.16. The van der Waals surface area contributed by atoms with Crippen LogP contribution in [0.1, 0.15) is 26.2 Å². The quantitative estimate of drug-likeness (QED) is 0.666. The molecule has 0 spiro atoms. The zero-order valence-electron chi connectivity index (χ0n) is 9.10. The number of hydrogen-bond donors (Lipinski definition) is 1. The molecule has 15 heavy (non-hydrogen) atoms. The normalized spacial score (nSPS) is 21.8. The number of aliphatic hydroxyl groups is 1. The van der Waals surface area contributed by atoms with Gasteiger partial charge in [-0.1, -0.05) is 13.3 Å². The third kappa shape index (κ3) is 2.47. The summed E-state index contributed by atoms with van der Waals surface area (Å²) in [5, 5.41) is 9.48. The van der Waals surface area contributed by atoms with E-state index in [1.54, 1.807) is 0 Å². The summed E-state index contributed by atoms with van der Waals surface area (Å²) in [6, 6.07) is -0.492. The van der Waals surface area contributed by atoms with Gasteiger partial charge in [0.15, 0.2) is 0 Å². The fourth-order valence-corrected chi connectivity index (χ4v) is 1.62. The molecule has 1 aliphatic heterocycles. The van der Waals surface area contributed by atoms with E-state index in [4.69, 9.17) is 0 Å². The van der Waals surface area contributed by atoms with Crippen molar-refractivity contribution in [2.75, 3.05) is 13.7 Å². The van der Waals surface area contributed by atoms with Crippen LogP contribution in [-0.2, 0) is 14.3 Å². The van der Waals surface area contributed by atoms with Crippen molar-refractivity contribution in [2.24, 2.45) is 0 Å². The summed E-state index contributed by atoms with van der Waals surface area (Å²) < 4.78 is 4.56. The average molecular weight is 215 g/mol. The second kappa shape index (κ2) is 5.11. The minimum Gasteiger partial charge on any atom is -0.467 e. The zero-order chi connectivity index (χ0) is 11.4. The van der Waals surface area contributed by atoms with Gasteiger partial charge >= 0.3 is 5.97 Å². The van der Waals surface area contributed by atoms with E-state index in [1.165, 1.54) is 12.0 Å². The van der Waals surface area contributed by atoms with Crippen LogP contribution in [0.15, 0.2) is 0 Å². The second-order valence-electron chi connectivity index (χ2n) is 3.66. The Kier molecular flexibility index (Phi) is 4.08. The van der Waals surface area contributed by atoms with E-state index in [9.17, 15) is 14.7 Å². The summed E-state index contributed by atoms with van der Waals surface area (Å²) in [7, 11) is 1.30. The number of esters is 1. The summed E-state index contributed by atoms with van der Waals surface area (Å²) in [5.41, 5.74) is 0. The van der Waals surface area contributed by atoms with Crippen LogP contribution in [0.2, 0.25) is 0 Å². The van der Waals surface area contributed by atoms with Gasteiger partial charge in [-0.2, -0.15) is 0 Å². The van der Waals surface area contributed by atoms with E-state index >= 15 is 0 Å². The fraction of sp³-hybridized carbons (Fsp3) is 0.800. The first-order valence-electron chi connectivity index (χ1n) is 5.18. The van der Waals surface area contributed by atoms with Gasteiger partial charge in [-0.05, 0) is 12.8 Å². The van der Waals surface area contributed by atoms with Crippen LogP contribution >= 0.6 is 0 Å². The van der Waals surface area contributed by atoms with Crippen LogP contribution in [0.5, 0.6) is 0 Å². The molecule has 0 aromatic rings. The number of hydrogen-bond acceptors (Lipinski definition) is 4. The topological polar surface area (TPSA) is 66.8 Å². The molecular formula is C10H17NO4. The SMILES string of the molecule is CCCC(O)C(=O)N1CCC1C(=O)OC. The van der Waals surface area contributed by atoms with Crippen LogP contribution in [-0.4, -0.2) is 47.7 Å². The monoisotopic (exact) mass is 215 g/mol. The van der Waals surface area contributed by atoms with Gasteiger partial charge in [-0.15, -0.1) is 0 Å². The lowest BCUT2D eigenvalue weighted by atomic mass is 10.0. The van der Waals surface area contributed by atoms with Crippen LogP contribution in [0.3, 0.4) is 0 Å². The highest BCUT2D eigenvalue weighted by molar-refractivity contribution is 5.88. The number of amides is 1. The van der Waals surface area contributed by atoms with Gasteiger partial charge in [0.2, 0.25) is 0 Å². The standard InChI is InChI=1S/C10H17NO4/c1-3-4-8(12)9(13)11-6-5-7(11)10(14)15-2/h7-8,12H,3-6H2,1-2H3. The molecule has 0 aliphatic carbocycles. The molecule has 1 amide bonds. The molecule has 0 bridgehead atoms. The van der Waals surface area contributed by atoms with E-state index in [0.717, 1.165) is 6.42 Å². The lowest BCUT2D eigenvalue weighted by Crippen LogP contribution is -2.58. The lowest BCUT2D eigenvalue weighted by Gasteiger charge is -2.39. The molecule has 2 atom stereocenters. The molecule has 0 saturated carbocycles. The maximum absolute atomic E-state index is 11.6. The number of methoxy groups -OCH3 is 1. The van der Waals surface area contributed by atoms with Gasteiger partial charge < -0.3 is 14.7 Å². The van der Waals surface area contributed by atoms with Gasteiger partial charge in [-0.3, -0.25) is 4.79 Å². The van der Waals surface area contributed by atoms with Crippen molar-refractivity contribution in [1.82, 2.24) is 4.90 Å². The van der Waals surface area contributed by atoms with Crippen molar-refractivity contribution in [3.8, 4) is 0 Å². The van der Waals surface area contributed by atoms with Crippen LogP contribution in [0, 0.1) is 0 Å². The van der Waals surface area contributed by atoms with E-state index < -0.39 is 18.1 Å². The Hall–Kier alpha value is -1.10. The van der Waals surface area contributed by atoms with Crippen LogP contribution in [0.4, 0.5) is 0 Å². The molecule has 1 heterocycles. The van der Waals surface area contributed by atoms with E-state index in [2.05, 4.69) is 4.74 Å². The molecule has 0 radical (unpaired) electrons. The Morgan fingerprint density at radius 1 is 1.60 bits per heavy atom. The Morgan fingerprint density at radius 3 is 2.67 bits per heavy atom. The van der Waals surface area contributed by atoms with Gasteiger partial charge in [0.05, 0.1) is 7.11 Å². The number of ether oxygens (including phenoxy) is 1. The largest absolute Gasteiger partial charge is 0.467 e. The third-order valence-corrected chi connectivity index (χ3v) is 2.62.